The van der Waals surface area contributed by atoms with Crippen LogP contribution in [0.2, 0.25) is 0 Å². The number of ether oxygens (including phenoxy) is 1. The second-order valence-electron chi connectivity index (χ2n) is 6.16. The fourth-order valence-electron chi connectivity index (χ4n) is 3.08. The molecule has 0 aliphatic carbocycles. The van der Waals surface area contributed by atoms with Gasteiger partial charge in [-0.2, -0.15) is 0 Å². The average molecular weight is 352 g/mol. The number of nitrogens with one attached hydrogen (secondary N) is 1. The molecule has 0 unspecified atom stereocenters. The smallest absolute Gasteiger partial charge is 0.308 e. The van der Waals surface area contributed by atoms with E-state index in [1.54, 1.807) is 29.2 Å². The lowest BCUT2D eigenvalue weighted by Crippen LogP contribution is -2.33. The predicted molar refractivity (Wildman–Crippen MR) is 98.5 cm³/mol. The normalized spacial score (nSPS) is 12.9. The Balaban J connectivity index is 1.86. The standard InChI is InChI=1S/C20H20N2O4/c1-13(23)22-11-5-6-15-9-10-16(12-18(15)22)21-20(25)17-7-3-4-8-19(17)26-14(2)24/h3-4,7-10,12H,5-6,11H2,1-2H3,(H,21,25). The number of benzene rings is 2. The van der Waals surface area contributed by atoms with Crippen molar-refractivity contribution in [1.29, 1.82) is 0 Å². The van der Waals surface area contributed by atoms with Crippen molar-refractivity contribution in [3.63, 3.8) is 0 Å². The Morgan fingerprint density at radius 3 is 2.58 bits per heavy atom. The van der Waals surface area contributed by atoms with E-state index in [0.717, 1.165) is 24.1 Å². The van der Waals surface area contributed by atoms with Gasteiger partial charge in [0.05, 0.1) is 5.56 Å². The van der Waals surface area contributed by atoms with Crippen molar-refractivity contribution in [3.8, 4) is 5.75 Å². The zero-order chi connectivity index (χ0) is 18.7. The molecule has 3 rings (SSSR count). The number of nitrogens with zero attached hydrogens (tertiary/aromatic N) is 1. The number of esters is 1. The first-order valence-electron chi connectivity index (χ1n) is 8.45. The number of aryl methyl sites for hydroxylation is 1. The predicted octanol–water partition coefficient (Wildman–Crippen LogP) is 3.16. The van der Waals surface area contributed by atoms with Crippen molar-refractivity contribution in [2.45, 2.75) is 26.7 Å². The number of amides is 2. The van der Waals surface area contributed by atoms with Gasteiger partial charge in [0.15, 0.2) is 0 Å². The van der Waals surface area contributed by atoms with Gasteiger partial charge in [-0.15, -0.1) is 0 Å². The summed E-state index contributed by atoms with van der Waals surface area (Å²) in [6.07, 6.45) is 1.83. The van der Waals surface area contributed by atoms with Crippen molar-refractivity contribution in [2.24, 2.45) is 0 Å². The summed E-state index contributed by atoms with van der Waals surface area (Å²) < 4.78 is 5.09. The molecule has 1 heterocycles. The Hall–Kier alpha value is -3.15. The zero-order valence-electron chi connectivity index (χ0n) is 14.7. The van der Waals surface area contributed by atoms with Gasteiger partial charge in [0.1, 0.15) is 5.75 Å². The van der Waals surface area contributed by atoms with Gasteiger partial charge in [-0.3, -0.25) is 14.4 Å². The first-order valence-corrected chi connectivity index (χ1v) is 8.45. The molecule has 0 radical (unpaired) electrons. The summed E-state index contributed by atoms with van der Waals surface area (Å²) in [6.45, 7) is 3.50. The molecule has 0 aromatic heterocycles. The summed E-state index contributed by atoms with van der Waals surface area (Å²) in [6, 6.07) is 12.1. The number of fused-ring (bicyclic) bond motifs is 1. The molecular formula is C20H20N2O4. The number of carbonyl (C=O) groups excluding carboxylic acids is 3. The molecule has 1 aliphatic rings. The summed E-state index contributed by atoms with van der Waals surface area (Å²) in [4.78, 5) is 37.4. The van der Waals surface area contributed by atoms with E-state index in [-0.39, 0.29) is 23.1 Å². The molecule has 0 fully saturated rings. The van der Waals surface area contributed by atoms with E-state index in [1.807, 2.05) is 18.2 Å². The van der Waals surface area contributed by atoms with Gasteiger partial charge in [-0.25, -0.2) is 0 Å². The van der Waals surface area contributed by atoms with Crippen LogP contribution in [0.4, 0.5) is 11.4 Å². The largest absolute Gasteiger partial charge is 0.426 e. The Labute approximate surface area is 151 Å². The highest BCUT2D eigenvalue weighted by atomic mass is 16.5. The maximum Gasteiger partial charge on any atom is 0.308 e. The van der Waals surface area contributed by atoms with E-state index in [2.05, 4.69) is 5.32 Å². The van der Waals surface area contributed by atoms with E-state index >= 15 is 0 Å². The van der Waals surface area contributed by atoms with Crippen LogP contribution in [0.1, 0.15) is 36.2 Å². The number of hydrogen-bond acceptors (Lipinski definition) is 4. The third-order valence-electron chi connectivity index (χ3n) is 4.23. The molecule has 1 N–H and O–H groups in total. The lowest BCUT2D eigenvalue weighted by Gasteiger charge is -2.29. The van der Waals surface area contributed by atoms with Gasteiger partial charge in [0.25, 0.3) is 5.91 Å². The van der Waals surface area contributed by atoms with Gasteiger partial charge in [-0.1, -0.05) is 18.2 Å². The van der Waals surface area contributed by atoms with E-state index in [4.69, 9.17) is 4.74 Å². The van der Waals surface area contributed by atoms with Gasteiger partial charge >= 0.3 is 5.97 Å². The third-order valence-corrected chi connectivity index (χ3v) is 4.23. The lowest BCUT2D eigenvalue weighted by atomic mass is 10.0. The van der Waals surface area contributed by atoms with Crippen molar-refractivity contribution in [3.05, 3.63) is 53.6 Å². The van der Waals surface area contributed by atoms with Crippen LogP contribution in [0.15, 0.2) is 42.5 Å². The van der Waals surface area contributed by atoms with E-state index in [0.29, 0.717) is 12.2 Å². The number of para-hydroxylation sites is 1. The van der Waals surface area contributed by atoms with Crippen LogP contribution in [-0.4, -0.2) is 24.3 Å². The van der Waals surface area contributed by atoms with Crippen molar-refractivity contribution >= 4 is 29.2 Å². The monoisotopic (exact) mass is 352 g/mol. The molecule has 1 aliphatic heterocycles. The van der Waals surface area contributed by atoms with Crippen LogP contribution >= 0.6 is 0 Å². The Morgan fingerprint density at radius 2 is 1.85 bits per heavy atom. The fourth-order valence-corrected chi connectivity index (χ4v) is 3.08. The van der Waals surface area contributed by atoms with Crippen LogP contribution in [0.5, 0.6) is 5.75 Å². The maximum absolute atomic E-state index is 12.6. The highest BCUT2D eigenvalue weighted by Gasteiger charge is 2.21. The number of rotatable bonds is 3. The molecule has 6 nitrogen and oxygen atoms in total. The molecule has 6 heteroatoms. The molecule has 0 bridgehead atoms. The maximum atomic E-state index is 12.6. The molecule has 0 atom stereocenters. The Bertz CT molecular complexity index is 876. The molecule has 0 saturated carbocycles. The first kappa shape index (κ1) is 17.7. The van der Waals surface area contributed by atoms with E-state index in [9.17, 15) is 14.4 Å². The average Bonchev–Trinajstić information content (AvgIpc) is 2.61. The molecule has 0 saturated heterocycles. The Kier molecular flexibility index (Phi) is 5.02. The molecule has 134 valence electrons. The second kappa shape index (κ2) is 7.39. The summed E-state index contributed by atoms with van der Waals surface area (Å²) in [5, 5.41) is 2.81. The van der Waals surface area contributed by atoms with Crippen LogP contribution in [0.3, 0.4) is 0 Å². The minimum absolute atomic E-state index is 0.0189. The van der Waals surface area contributed by atoms with E-state index < -0.39 is 5.97 Å². The first-order chi connectivity index (χ1) is 12.5. The number of hydrogen-bond donors (Lipinski definition) is 1. The molecule has 0 spiro atoms. The molecule has 2 amide bonds. The summed E-state index contributed by atoms with van der Waals surface area (Å²) in [5.74, 6) is -0.682. The molecule has 2 aromatic carbocycles. The van der Waals surface area contributed by atoms with Gasteiger partial charge in [0.2, 0.25) is 5.91 Å². The van der Waals surface area contributed by atoms with E-state index in [1.165, 1.54) is 13.8 Å². The minimum Gasteiger partial charge on any atom is -0.426 e. The third kappa shape index (κ3) is 3.74. The van der Waals surface area contributed by atoms with Crippen LogP contribution in [0.25, 0.3) is 0 Å². The lowest BCUT2D eigenvalue weighted by molar-refractivity contribution is -0.131. The SMILES string of the molecule is CC(=O)Oc1ccccc1C(=O)Nc1ccc2c(c1)N(C(C)=O)CCC2. The van der Waals surface area contributed by atoms with Gasteiger partial charge in [-0.05, 0) is 42.7 Å². The molecular weight excluding hydrogens is 332 g/mol. The van der Waals surface area contributed by atoms with Gasteiger partial charge < -0.3 is 15.0 Å². The van der Waals surface area contributed by atoms with Crippen LogP contribution < -0.4 is 15.0 Å². The summed E-state index contributed by atoms with van der Waals surface area (Å²) in [5.41, 5.74) is 2.77. The summed E-state index contributed by atoms with van der Waals surface area (Å²) in [7, 11) is 0. The van der Waals surface area contributed by atoms with Crippen LogP contribution in [0, 0.1) is 0 Å². The second-order valence-corrected chi connectivity index (χ2v) is 6.16. The minimum atomic E-state index is -0.490. The quantitative estimate of drug-likeness (QED) is 0.680. The summed E-state index contributed by atoms with van der Waals surface area (Å²) >= 11 is 0. The highest BCUT2D eigenvalue weighted by Crippen LogP contribution is 2.30. The topological polar surface area (TPSA) is 75.7 Å². The molecule has 26 heavy (non-hydrogen) atoms. The highest BCUT2D eigenvalue weighted by molar-refractivity contribution is 6.07. The van der Waals surface area contributed by atoms with Gasteiger partial charge in [0, 0.05) is 31.8 Å². The van der Waals surface area contributed by atoms with Crippen molar-refractivity contribution in [1.82, 2.24) is 0 Å². The zero-order valence-corrected chi connectivity index (χ0v) is 14.7. The number of carbonyl (C=O) groups is 3. The van der Waals surface area contributed by atoms with Crippen molar-refractivity contribution < 1.29 is 19.1 Å². The molecule has 2 aromatic rings. The van der Waals surface area contributed by atoms with Crippen LogP contribution in [-0.2, 0) is 16.0 Å². The Morgan fingerprint density at radius 1 is 1.08 bits per heavy atom. The fraction of sp³-hybridized carbons (Fsp3) is 0.250. The van der Waals surface area contributed by atoms with Crippen molar-refractivity contribution in [2.75, 3.05) is 16.8 Å². The number of anilines is 2.